The van der Waals surface area contributed by atoms with Crippen molar-refractivity contribution in [1.29, 1.82) is 0 Å². The third kappa shape index (κ3) is 8.87. The highest BCUT2D eigenvalue weighted by Crippen LogP contribution is 2.56. The molecule has 1 saturated carbocycles. The van der Waals surface area contributed by atoms with Crippen LogP contribution in [-0.4, -0.2) is 118 Å². The van der Waals surface area contributed by atoms with Gasteiger partial charge in [0.25, 0.3) is 0 Å². The van der Waals surface area contributed by atoms with E-state index in [2.05, 4.69) is 26.0 Å². The number of carbonyl (C=O) groups excluding carboxylic acids is 3. The van der Waals surface area contributed by atoms with Gasteiger partial charge in [-0.05, 0) is 95.0 Å². The Morgan fingerprint density at radius 2 is 1.57 bits per heavy atom. The van der Waals surface area contributed by atoms with E-state index in [0.29, 0.717) is 25.7 Å². The lowest BCUT2D eigenvalue weighted by Gasteiger charge is -2.44. The van der Waals surface area contributed by atoms with Gasteiger partial charge in [0.2, 0.25) is 5.91 Å². The summed E-state index contributed by atoms with van der Waals surface area (Å²) in [6, 6.07) is -0.0169. The topological polar surface area (TPSA) is 128 Å². The number of cyclic esters (lactones) is 1. The molecule has 17 atom stereocenters. The van der Waals surface area contributed by atoms with E-state index < -0.39 is 24.6 Å². The second kappa shape index (κ2) is 18.8. The Kier molecular flexibility index (Phi) is 14.6. The summed E-state index contributed by atoms with van der Waals surface area (Å²) >= 11 is 0. The van der Waals surface area contributed by atoms with Crippen LogP contribution in [0.3, 0.4) is 0 Å². The number of ketones is 1. The van der Waals surface area contributed by atoms with Crippen molar-refractivity contribution in [3.8, 4) is 0 Å². The van der Waals surface area contributed by atoms with Crippen LogP contribution in [0.5, 0.6) is 0 Å². The number of nitrogens with zero attached hydrogens (tertiary/aromatic N) is 1. The number of amides is 1. The molecule has 0 aromatic heterocycles. The van der Waals surface area contributed by atoms with E-state index in [1.165, 1.54) is 5.57 Å². The van der Waals surface area contributed by atoms with Crippen LogP contribution in [0.4, 0.5) is 0 Å². The Balaban J connectivity index is 1.22. The highest BCUT2D eigenvalue weighted by atomic mass is 16.7. The number of esters is 1. The van der Waals surface area contributed by atoms with Crippen molar-refractivity contribution in [3.63, 3.8) is 0 Å². The van der Waals surface area contributed by atoms with Crippen LogP contribution < -0.4 is 0 Å². The summed E-state index contributed by atoms with van der Waals surface area (Å²) in [6.45, 7) is 12.1. The molecule has 12 nitrogen and oxygen atoms in total. The predicted octanol–water partition coefficient (Wildman–Crippen LogP) is 6.18. The smallest absolute Gasteiger partial charge is 0.306 e. The quantitative estimate of drug-likeness (QED) is 0.186. The molecule has 56 heavy (non-hydrogen) atoms. The molecule has 0 bridgehead atoms. The first-order chi connectivity index (χ1) is 26.8. The fourth-order valence-electron chi connectivity index (χ4n) is 11.0. The Morgan fingerprint density at radius 1 is 0.839 bits per heavy atom. The molecule has 316 valence electrons. The average molecular weight is 788 g/mol. The number of allylic oxidation sites excluding steroid dienone is 4. The Morgan fingerprint density at radius 3 is 2.23 bits per heavy atom. The summed E-state index contributed by atoms with van der Waals surface area (Å²) in [6.07, 6.45) is 7.83. The second-order valence-corrected chi connectivity index (χ2v) is 17.4. The molecule has 6 aliphatic rings. The highest BCUT2D eigenvalue weighted by molar-refractivity contribution is 5.99. The Labute approximate surface area is 334 Å². The van der Waals surface area contributed by atoms with E-state index in [9.17, 15) is 14.4 Å². The molecule has 6 rings (SSSR count). The molecule has 3 heterocycles. The van der Waals surface area contributed by atoms with E-state index >= 15 is 0 Å². The van der Waals surface area contributed by atoms with Gasteiger partial charge in [-0.2, -0.15) is 0 Å². The van der Waals surface area contributed by atoms with E-state index in [1.54, 1.807) is 26.2 Å². The standard InChI is InChI=1S/C44H69NO11/c1-11-27-14-13-15-36(56-39-17-16-35(25(5)52-39)45(7)37(46)12-2)24(4)40(48)34-21-32-30(33(34)22-38(47)54-27)18-23(3)29-19-28(20-31(29)32)55-44-43(51-10)42(50-9)41(49-8)26(6)53-44/h18,21,24-33,35-36,39,41-44H,11-17,19-20,22H2,1-10H3/t24-,25?,26?,27+,28-,29+,30-,31-,32-,33+,35+,36+,39+,41+,42?,43?,44+/m1/s1. The van der Waals surface area contributed by atoms with Gasteiger partial charge in [0.1, 0.15) is 24.4 Å². The van der Waals surface area contributed by atoms with Gasteiger partial charge < -0.3 is 42.8 Å². The van der Waals surface area contributed by atoms with E-state index in [1.807, 2.05) is 34.7 Å². The summed E-state index contributed by atoms with van der Waals surface area (Å²) in [4.78, 5) is 42.7. The molecule has 3 saturated heterocycles. The number of hydrogen-bond donors (Lipinski definition) is 0. The Hall–Kier alpha value is -2.19. The number of hydrogen-bond acceptors (Lipinski definition) is 11. The normalized spacial score (nSPS) is 43.3. The van der Waals surface area contributed by atoms with Gasteiger partial charge in [0, 0.05) is 53.1 Å². The van der Waals surface area contributed by atoms with E-state index in [-0.39, 0.29) is 102 Å². The lowest BCUT2D eigenvalue weighted by molar-refractivity contribution is -0.314. The number of Topliss-reactive ketones (excluding diaryl/α,β-unsaturated/α-hetero) is 1. The van der Waals surface area contributed by atoms with Gasteiger partial charge >= 0.3 is 5.97 Å². The van der Waals surface area contributed by atoms with E-state index in [0.717, 1.165) is 37.7 Å². The molecule has 3 aliphatic carbocycles. The van der Waals surface area contributed by atoms with Crippen molar-refractivity contribution in [2.45, 2.75) is 173 Å². The molecule has 0 spiro atoms. The van der Waals surface area contributed by atoms with Gasteiger partial charge in [-0.25, -0.2) is 0 Å². The maximum atomic E-state index is 14.8. The molecule has 4 fully saturated rings. The summed E-state index contributed by atoms with van der Waals surface area (Å²) < 4.78 is 49.8. The zero-order valence-corrected chi connectivity index (χ0v) is 35.5. The predicted molar refractivity (Wildman–Crippen MR) is 208 cm³/mol. The maximum absolute atomic E-state index is 14.8. The minimum Gasteiger partial charge on any atom is -0.462 e. The molecule has 0 N–H and O–H groups in total. The van der Waals surface area contributed by atoms with Crippen LogP contribution in [0, 0.1) is 35.5 Å². The third-order valence-corrected chi connectivity index (χ3v) is 14.2. The first-order valence-electron chi connectivity index (χ1n) is 21.4. The molecule has 3 aliphatic heterocycles. The lowest BCUT2D eigenvalue weighted by atomic mass is 9.67. The summed E-state index contributed by atoms with van der Waals surface area (Å²) in [5, 5.41) is 0. The molecule has 0 radical (unpaired) electrons. The van der Waals surface area contributed by atoms with Crippen molar-refractivity contribution in [2.24, 2.45) is 35.5 Å². The zero-order chi connectivity index (χ0) is 40.4. The van der Waals surface area contributed by atoms with Crippen molar-refractivity contribution in [1.82, 2.24) is 4.90 Å². The molecule has 0 aromatic rings. The highest BCUT2D eigenvalue weighted by Gasteiger charge is 2.54. The number of ether oxygens (including phenoxy) is 8. The summed E-state index contributed by atoms with van der Waals surface area (Å²) in [7, 11) is 6.81. The van der Waals surface area contributed by atoms with Gasteiger partial charge in [-0.3, -0.25) is 14.4 Å². The monoisotopic (exact) mass is 787 g/mol. The van der Waals surface area contributed by atoms with Crippen molar-refractivity contribution in [3.05, 3.63) is 23.3 Å². The van der Waals surface area contributed by atoms with Gasteiger partial charge in [-0.1, -0.05) is 38.5 Å². The number of carbonyl (C=O) groups is 3. The molecule has 1 amide bonds. The first kappa shape index (κ1) is 43.4. The van der Waals surface area contributed by atoms with Crippen LogP contribution in [0.1, 0.15) is 106 Å². The van der Waals surface area contributed by atoms with Gasteiger partial charge in [-0.15, -0.1) is 0 Å². The molecule has 0 aromatic carbocycles. The fraction of sp³-hybridized carbons (Fsp3) is 0.841. The molecule has 12 heteroatoms. The van der Waals surface area contributed by atoms with Crippen molar-refractivity contribution in [2.75, 3.05) is 28.4 Å². The number of rotatable bonds is 10. The third-order valence-electron chi connectivity index (χ3n) is 14.2. The minimum absolute atomic E-state index is 0.0105. The van der Waals surface area contributed by atoms with Crippen LogP contribution >= 0.6 is 0 Å². The van der Waals surface area contributed by atoms with Crippen LogP contribution in [-0.2, 0) is 52.3 Å². The SMILES string of the molecule is CCC(=O)N(C)[C@H]1CC[C@H](O[C@H]2CCC[C@H](CC)OC(=O)C[C@@H]3C(=C[C@@H]4[C@H]3C=C(C)[C@@H]3C[C@@H](O[C@@H]5OC(C)[C@H](OC)C(OC)C5OC)C[C@@H]43)C(=O)[C@@H]2C)OC1C. The number of methoxy groups -OCH3 is 3. The number of likely N-dealkylation sites (N-methyl/N-ethyl adjacent to an activating group) is 1. The minimum atomic E-state index is -0.615. The van der Waals surface area contributed by atoms with Crippen molar-refractivity contribution >= 4 is 17.7 Å². The lowest BCUT2D eigenvalue weighted by Crippen LogP contribution is -2.59. The second-order valence-electron chi connectivity index (χ2n) is 17.4. The fourth-order valence-corrected chi connectivity index (χ4v) is 11.0. The largest absolute Gasteiger partial charge is 0.462 e. The molecular weight excluding hydrogens is 718 g/mol. The summed E-state index contributed by atoms with van der Waals surface area (Å²) in [5.74, 6) is -0.165. The summed E-state index contributed by atoms with van der Waals surface area (Å²) in [5.41, 5.74) is 2.02. The van der Waals surface area contributed by atoms with Crippen LogP contribution in [0.2, 0.25) is 0 Å². The molecular formula is C44H69NO11. The van der Waals surface area contributed by atoms with Gasteiger partial charge in [0.15, 0.2) is 18.4 Å². The van der Waals surface area contributed by atoms with Crippen LogP contribution in [0.25, 0.3) is 0 Å². The maximum Gasteiger partial charge on any atom is 0.306 e. The van der Waals surface area contributed by atoms with Crippen molar-refractivity contribution < 1.29 is 52.3 Å². The van der Waals surface area contributed by atoms with Gasteiger partial charge in [0.05, 0.1) is 36.9 Å². The number of fused-ring (bicyclic) bond motifs is 5. The van der Waals surface area contributed by atoms with Crippen LogP contribution in [0.15, 0.2) is 23.3 Å². The molecule has 4 unspecified atom stereocenters. The zero-order valence-electron chi connectivity index (χ0n) is 35.5. The van der Waals surface area contributed by atoms with E-state index in [4.69, 9.17) is 37.9 Å². The average Bonchev–Trinajstić information content (AvgIpc) is 3.77. The Bertz CT molecular complexity index is 1450. The first-order valence-corrected chi connectivity index (χ1v) is 21.4.